The zero-order valence-electron chi connectivity index (χ0n) is 16.7. The smallest absolute Gasteiger partial charge is 0.281 e. The molecular formula is C21H25N5O2S. The van der Waals surface area contributed by atoms with Crippen molar-refractivity contribution in [3.05, 3.63) is 52.1 Å². The topological polar surface area (TPSA) is 80.1 Å². The van der Waals surface area contributed by atoms with Crippen molar-refractivity contribution in [1.82, 2.24) is 19.9 Å². The fraction of sp³-hybridized carbons (Fsp3) is 0.429. The van der Waals surface area contributed by atoms with Crippen molar-refractivity contribution >= 4 is 32.7 Å². The van der Waals surface area contributed by atoms with E-state index in [1.54, 1.807) is 4.57 Å². The van der Waals surface area contributed by atoms with Crippen LogP contribution in [0.1, 0.15) is 38.1 Å². The van der Waals surface area contributed by atoms with Crippen molar-refractivity contribution in [2.45, 2.75) is 52.2 Å². The number of hydrogen-bond donors (Lipinski definition) is 1. The minimum atomic E-state index is -0.265. The van der Waals surface area contributed by atoms with Crippen molar-refractivity contribution in [3.8, 4) is 0 Å². The summed E-state index contributed by atoms with van der Waals surface area (Å²) < 4.78 is 1.68. The predicted molar refractivity (Wildman–Crippen MR) is 115 cm³/mol. The third kappa shape index (κ3) is 3.76. The molecule has 1 N–H and O–H groups in total. The van der Waals surface area contributed by atoms with Gasteiger partial charge in [0.15, 0.2) is 15.5 Å². The molecule has 0 bridgehead atoms. The van der Waals surface area contributed by atoms with Crippen molar-refractivity contribution in [2.75, 3.05) is 11.4 Å². The van der Waals surface area contributed by atoms with Gasteiger partial charge >= 0.3 is 0 Å². The minimum absolute atomic E-state index is 0.00113. The lowest BCUT2D eigenvalue weighted by Crippen LogP contribution is -2.43. The van der Waals surface area contributed by atoms with Crippen LogP contribution in [0.15, 0.2) is 35.1 Å². The summed E-state index contributed by atoms with van der Waals surface area (Å²) in [6.07, 6.45) is 2.40. The quantitative estimate of drug-likeness (QED) is 0.675. The molecule has 0 aliphatic carbocycles. The average molecular weight is 412 g/mol. The Bertz CT molecular complexity index is 1080. The Balaban J connectivity index is 1.58. The summed E-state index contributed by atoms with van der Waals surface area (Å²) in [5, 5.41) is 3.74. The first-order valence-electron chi connectivity index (χ1n) is 10.1. The van der Waals surface area contributed by atoms with Crippen LogP contribution >= 0.6 is 11.3 Å². The van der Waals surface area contributed by atoms with Gasteiger partial charge in [-0.25, -0.2) is 9.97 Å². The van der Waals surface area contributed by atoms with Crippen LogP contribution in [0.4, 0.5) is 5.13 Å². The van der Waals surface area contributed by atoms with E-state index in [1.165, 1.54) is 11.3 Å². The molecule has 0 spiro atoms. The van der Waals surface area contributed by atoms with Gasteiger partial charge < -0.3 is 10.2 Å². The molecule has 7 nitrogen and oxygen atoms in total. The summed E-state index contributed by atoms with van der Waals surface area (Å²) in [6.45, 7) is 5.77. The highest BCUT2D eigenvalue weighted by molar-refractivity contribution is 7.21. The Morgan fingerprint density at radius 2 is 2.03 bits per heavy atom. The van der Waals surface area contributed by atoms with Gasteiger partial charge in [0.2, 0.25) is 5.91 Å². The molecule has 3 heterocycles. The summed E-state index contributed by atoms with van der Waals surface area (Å²) in [5.41, 5.74) is 1.38. The first-order chi connectivity index (χ1) is 14.1. The Kier molecular flexibility index (Phi) is 5.62. The second-order valence-electron chi connectivity index (χ2n) is 7.14. The van der Waals surface area contributed by atoms with Crippen LogP contribution in [-0.4, -0.2) is 33.0 Å². The Hall–Kier alpha value is -2.74. The SMILES string of the molecule is CCc1nc2sc(N3CCC[C@@H]3C(=O)NCc3ccccc3)nc2c(=O)n1CC. The molecule has 1 aliphatic rings. The fourth-order valence-corrected chi connectivity index (χ4v) is 4.86. The number of thiazole rings is 1. The zero-order valence-corrected chi connectivity index (χ0v) is 17.5. The van der Waals surface area contributed by atoms with E-state index in [-0.39, 0.29) is 17.5 Å². The normalized spacial score (nSPS) is 16.5. The number of nitrogens with zero attached hydrogens (tertiary/aromatic N) is 4. The monoisotopic (exact) mass is 411 g/mol. The second kappa shape index (κ2) is 8.32. The molecule has 29 heavy (non-hydrogen) atoms. The molecule has 1 aliphatic heterocycles. The van der Waals surface area contributed by atoms with Crippen LogP contribution in [0.25, 0.3) is 10.3 Å². The molecular weight excluding hydrogens is 386 g/mol. The highest BCUT2D eigenvalue weighted by atomic mass is 32.1. The molecule has 1 fully saturated rings. The van der Waals surface area contributed by atoms with Crippen LogP contribution in [0.2, 0.25) is 0 Å². The molecule has 0 radical (unpaired) electrons. The molecule has 8 heteroatoms. The number of benzene rings is 1. The van der Waals surface area contributed by atoms with Crippen LogP contribution in [0.5, 0.6) is 0 Å². The van der Waals surface area contributed by atoms with Gasteiger partial charge in [0, 0.05) is 26.1 Å². The summed E-state index contributed by atoms with van der Waals surface area (Å²) >= 11 is 1.40. The number of anilines is 1. The van der Waals surface area contributed by atoms with E-state index in [0.717, 1.165) is 30.8 Å². The minimum Gasteiger partial charge on any atom is -0.350 e. The summed E-state index contributed by atoms with van der Waals surface area (Å²) in [7, 11) is 0. The lowest BCUT2D eigenvalue weighted by molar-refractivity contribution is -0.122. The molecule has 1 amide bonds. The number of aryl methyl sites for hydroxylation is 1. The number of carbonyl (C=O) groups excluding carboxylic acids is 1. The number of hydrogen-bond acceptors (Lipinski definition) is 6. The molecule has 1 atom stereocenters. The zero-order chi connectivity index (χ0) is 20.4. The number of amides is 1. The summed E-state index contributed by atoms with van der Waals surface area (Å²) in [6, 6.07) is 9.61. The van der Waals surface area contributed by atoms with E-state index in [4.69, 9.17) is 0 Å². The number of carbonyl (C=O) groups is 1. The first-order valence-corrected chi connectivity index (χ1v) is 10.9. The van der Waals surface area contributed by atoms with Gasteiger partial charge in [-0.05, 0) is 25.3 Å². The highest BCUT2D eigenvalue weighted by Gasteiger charge is 2.33. The van der Waals surface area contributed by atoms with E-state index in [2.05, 4.69) is 15.3 Å². The van der Waals surface area contributed by atoms with E-state index in [1.807, 2.05) is 49.1 Å². The third-order valence-corrected chi connectivity index (χ3v) is 6.32. The highest BCUT2D eigenvalue weighted by Crippen LogP contribution is 2.31. The predicted octanol–water partition coefficient (Wildman–Crippen LogP) is 2.72. The molecule has 3 aromatic rings. The Labute approximate surface area is 173 Å². The van der Waals surface area contributed by atoms with Gasteiger partial charge in [-0.1, -0.05) is 48.6 Å². The second-order valence-corrected chi connectivity index (χ2v) is 8.09. The van der Waals surface area contributed by atoms with Crippen molar-refractivity contribution < 1.29 is 4.79 Å². The molecule has 0 unspecified atom stereocenters. The Morgan fingerprint density at radius 1 is 1.24 bits per heavy atom. The standard InChI is InChI=1S/C21H25N5O2S/c1-3-16-23-19-17(20(28)25(16)4-2)24-21(29-19)26-12-8-11-15(26)18(27)22-13-14-9-6-5-7-10-14/h5-7,9-10,15H,3-4,8,11-13H2,1-2H3,(H,22,27)/t15-/m1/s1. The van der Waals surface area contributed by atoms with E-state index >= 15 is 0 Å². The van der Waals surface area contributed by atoms with Gasteiger partial charge in [-0.2, -0.15) is 0 Å². The molecule has 152 valence electrons. The molecule has 1 saturated heterocycles. The molecule has 0 saturated carbocycles. The third-order valence-electron chi connectivity index (χ3n) is 5.33. The van der Waals surface area contributed by atoms with Crippen molar-refractivity contribution in [3.63, 3.8) is 0 Å². The maximum absolute atomic E-state index is 12.8. The number of rotatable bonds is 6. The summed E-state index contributed by atoms with van der Waals surface area (Å²) in [5.74, 6) is 0.776. The fourth-order valence-electron chi connectivity index (χ4n) is 3.83. The maximum Gasteiger partial charge on any atom is 0.281 e. The summed E-state index contributed by atoms with van der Waals surface area (Å²) in [4.78, 5) is 37.6. The first kappa shape index (κ1) is 19.6. The van der Waals surface area contributed by atoms with E-state index in [9.17, 15) is 9.59 Å². The number of fused-ring (bicyclic) bond motifs is 1. The molecule has 4 rings (SSSR count). The van der Waals surface area contributed by atoms with Crippen LogP contribution in [0.3, 0.4) is 0 Å². The van der Waals surface area contributed by atoms with Gasteiger partial charge in [-0.3, -0.25) is 14.2 Å². The average Bonchev–Trinajstić information content (AvgIpc) is 3.39. The number of nitrogens with one attached hydrogen (secondary N) is 1. The lowest BCUT2D eigenvalue weighted by atomic mass is 10.2. The molecule has 1 aromatic carbocycles. The van der Waals surface area contributed by atoms with Gasteiger partial charge in [-0.15, -0.1) is 0 Å². The van der Waals surface area contributed by atoms with Crippen molar-refractivity contribution in [2.24, 2.45) is 0 Å². The number of aromatic nitrogens is 3. The Morgan fingerprint density at radius 3 is 2.76 bits per heavy atom. The van der Waals surface area contributed by atoms with Crippen molar-refractivity contribution in [1.29, 1.82) is 0 Å². The largest absolute Gasteiger partial charge is 0.350 e. The van der Waals surface area contributed by atoms with E-state index in [0.29, 0.717) is 35.0 Å². The lowest BCUT2D eigenvalue weighted by Gasteiger charge is -2.23. The van der Waals surface area contributed by atoms with Gasteiger partial charge in [0.05, 0.1) is 0 Å². The van der Waals surface area contributed by atoms with Crippen LogP contribution in [-0.2, 0) is 24.3 Å². The van der Waals surface area contributed by atoms with E-state index < -0.39 is 0 Å². The van der Waals surface area contributed by atoms with Crippen LogP contribution in [0, 0.1) is 0 Å². The van der Waals surface area contributed by atoms with Gasteiger partial charge in [0.25, 0.3) is 5.56 Å². The van der Waals surface area contributed by atoms with Gasteiger partial charge in [0.1, 0.15) is 11.9 Å². The van der Waals surface area contributed by atoms with Crippen LogP contribution < -0.4 is 15.8 Å². The molecule has 2 aromatic heterocycles. The maximum atomic E-state index is 12.8.